The molecule has 0 unspecified atom stereocenters. The Morgan fingerprint density at radius 2 is 1.69 bits per heavy atom. The zero-order valence-corrected chi connectivity index (χ0v) is 19.5. The van der Waals surface area contributed by atoms with Gasteiger partial charge in [-0.25, -0.2) is 0 Å². The Bertz CT molecular complexity index is 1280. The maximum Gasteiger partial charge on any atom is 0.262 e. The van der Waals surface area contributed by atoms with Crippen LogP contribution < -0.4 is 10.1 Å². The summed E-state index contributed by atoms with van der Waals surface area (Å²) in [7, 11) is 0. The molecule has 0 fully saturated rings. The van der Waals surface area contributed by atoms with Crippen LogP contribution in [0.4, 0.5) is 5.69 Å². The molecule has 32 heavy (non-hydrogen) atoms. The van der Waals surface area contributed by atoms with Crippen molar-refractivity contribution in [3.8, 4) is 11.4 Å². The van der Waals surface area contributed by atoms with Gasteiger partial charge in [0.05, 0.1) is 10.7 Å². The monoisotopic (exact) mass is 468 g/mol. The van der Waals surface area contributed by atoms with Crippen molar-refractivity contribution in [1.82, 2.24) is 15.0 Å². The minimum atomic E-state index is -0.305. The number of aryl methyl sites for hydroxylation is 3. The van der Waals surface area contributed by atoms with Gasteiger partial charge in [-0.1, -0.05) is 42.3 Å². The number of anilines is 1. The van der Waals surface area contributed by atoms with Crippen LogP contribution in [0.2, 0.25) is 10.0 Å². The summed E-state index contributed by atoms with van der Waals surface area (Å²) in [5.74, 6) is 0.135. The molecule has 3 aromatic carbocycles. The number of benzene rings is 3. The third kappa shape index (κ3) is 4.71. The van der Waals surface area contributed by atoms with E-state index < -0.39 is 0 Å². The summed E-state index contributed by atoms with van der Waals surface area (Å²) >= 11 is 12.2. The molecule has 0 saturated heterocycles. The highest BCUT2D eigenvalue weighted by molar-refractivity contribution is 6.35. The van der Waals surface area contributed by atoms with E-state index in [1.165, 1.54) is 5.56 Å². The fraction of sp³-hybridized carbons (Fsp3) is 0.208. The van der Waals surface area contributed by atoms with Gasteiger partial charge in [0.2, 0.25) is 0 Å². The van der Waals surface area contributed by atoms with Crippen LogP contribution in [-0.4, -0.2) is 27.5 Å². The number of ether oxygens (including phenoxy) is 1. The van der Waals surface area contributed by atoms with E-state index in [4.69, 9.17) is 27.9 Å². The largest absolute Gasteiger partial charge is 0.482 e. The first kappa shape index (κ1) is 22.1. The SMILES string of the molecule is CCc1ccc(-n2nc3cc(C)c(NC(=O)COc4c(C)cc(Cl)cc4Cl)cc3n2)cc1. The molecule has 6 nitrogen and oxygen atoms in total. The smallest absolute Gasteiger partial charge is 0.262 e. The van der Waals surface area contributed by atoms with E-state index >= 15 is 0 Å². The number of nitrogens with one attached hydrogen (secondary N) is 1. The summed E-state index contributed by atoms with van der Waals surface area (Å²) < 4.78 is 5.63. The van der Waals surface area contributed by atoms with E-state index in [0.29, 0.717) is 27.0 Å². The number of halogens is 2. The van der Waals surface area contributed by atoms with Crippen molar-refractivity contribution in [2.45, 2.75) is 27.2 Å². The molecule has 0 spiro atoms. The quantitative estimate of drug-likeness (QED) is 0.381. The van der Waals surface area contributed by atoms with Gasteiger partial charge in [-0.2, -0.15) is 4.80 Å². The van der Waals surface area contributed by atoms with Gasteiger partial charge in [0.1, 0.15) is 16.8 Å². The Hall–Kier alpha value is -3.09. The maximum absolute atomic E-state index is 12.5. The Balaban J connectivity index is 1.50. The van der Waals surface area contributed by atoms with E-state index in [2.05, 4.69) is 34.6 Å². The lowest BCUT2D eigenvalue weighted by Gasteiger charge is -2.12. The van der Waals surface area contributed by atoms with Crippen LogP contribution >= 0.6 is 23.2 Å². The summed E-state index contributed by atoms with van der Waals surface area (Å²) in [5, 5.41) is 12.9. The zero-order chi connectivity index (χ0) is 22.8. The highest BCUT2D eigenvalue weighted by atomic mass is 35.5. The van der Waals surface area contributed by atoms with Crippen LogP contribution in [0.5, 0.6) is 5.75 Å². The van der Waals surface area contributed by atoms with Crippen LogP contribution in [0.15, 0.2) is 48.5 Å². The predicted octanol–water partition coefficient (Wildman–Crippen LogP) is 5.92. The highest BCUT2D eigenvalue weighted by Gasteiger charge is 2.13. The molecule has 0 aliphatic carbocycles. The molecule has 0 atom stereocenters. The lowest BCUT2D eigenvalue weighted by Crippen LogP contribution is -2.21. The second-order valence-electron chi connectivity index (χ2n) is 7.54. The molecular weight excluding hydrogens is 447 g/mol. The average molecular weight is 469 g/mol. The number of fused-ring (bicyclic) bond motifs is 1. The van der Waals surface area contributed by atoms with Crippen LogP contribution in [0.1, 0.15) is 23.6 Å². The van der Waals surface area contributed by atoms with Crippen molar-refractivity contribution in [3.63, 3.8) is 0 Å². The first-order valence-corrected chi connectivity index (χ1v) is 10.9. The fourth-order valence-corrected chi connectivity index (χ4v) is 4.03. The standard InChI is InChI=1S/C24H22Cl2N4O2/c1-4-16-5-7-18(8-6-16)30-28-21-10-14(2)20(12-22(21)29-30)27-23(31)13-32-24-15(3)9-17(25)11-19(24)26/h5-12H,4,13H2,1-3H3,(H,27,31). The number of amides is 1. The van der Waals surface area contributed by atoms with Crippen LogP contribution in [0.25, 0.3) is 16.7 Å². The number of nitrogens with zero attached hydrogens (tertiary/aromatic N) is 3. The molecule has 4 rings (SSSR count). The summed E-state index contributed by atoms with van der Waals surface area (Å²) in [6.45, 7) is 5.66. The highest BCUT2D eigenvalue weighted by Crippen LogP contribution is 2.32. The number of hydrogen-bond acceptors (Lipinski definition) is 4. The molecule has 1 heterocycles. The van der Waals surface area contributed by atoms with E-state index in [1.54, 1.807) is 16.9 Å². The normalized spacial score (nSPS) is 11.0. The first-order valence-electron chi connectivity index (χ1n) is 10.2. The Kier molecular flexibility index (Phi) is 6.35. The van der Waals surface area contributed by atoms with Gasteiger partial charge in [0.15, 0.2) is 6.61 Å². The molecule has 1 aromatic heterocycles. The van der Waals surface area contributed by atoms with Gasteiger partial charge in [-0.05, 0) is 73.4 Å². The molecule has 0 aliphatic rings. The molecule has 0 bridgehead atoms. The molecule has 164 valence electrons. The number of rotatable bonds is 6. The van der Waals surface area contributed by atoms with E-state index in [9.17, 15) is 4.79 Å². The Labute approximate surface area is 196 Å². The predicted molar refractivity (Wildman–Crippen MR) is 128 cm³/mol. The first-order chi connectivity index (χ1) is 15.3. The lowest BCUT2D eigenvalue weighted by molar-refractivity contribution is -0.118. The molecular formula is C24H22Cl2N4O2. The molecule has 1 amide bonds. The zero-order valence-electron chi connectivity index (χ0n) is 17.9. The number of aromatic nitrogens is 3. The second kappa shape index (κ2) is 9.18. The van der Waals surface area contributed by atoms with Gasteiger partial charge < -0.3 is 10.1 Å². The second-order valence-corrected chi connectivity index (χ2v) is 8.38. The van der Waals surface area contributed by atoms with Crippen LogP contribution in [0, 0.1) is 13.8 Å². The molecule has 8 heteroatoms. The Morgan fingerprint density at radius 1 is 1.00 bits per heavy atom. The average Bonchev–Trinajstić information content (AvgIpc) is 3.16. The molecule has 0 radical (unpaired) electrons. The molecule has 1 N–H and O–H groups in total. The number of carbonyl (C=O) groups is 1. The van der Waals surface area contributed by atoms with Gasteiger partial charge in [0, 0.05) is 10.7 Å². The van der Waals surface area contributed by atoms with Gasteiger partial charge in [-0.3, -0.25) is 4.79 Å². The minimum absolute atomic E-state index is 0.184. The van der Waals surface area contributed by atoms with Gasteiger partial charge in [-0.15, -0.1) is 10.2 Å². The summed E-state index contributed by atoms with van der Waals surface area (Å²) in [6, 6.07) is 15.1. The minimum Gasteiger partial charge on any atom is -0.482 e. The van der Waals surface area contributed by atoms with Crippen molar-refractivity contribution >= 4 is 45.8 Å². The van der Waals surface area contributed by atoms with Crippen molar-refractivity contribution in [2.24, 2.45) is 0 Å². The number of hydrogen-bond donors (Lipinski definition) is 1. The fourth-order valence-electron chi connectivity index (χ4n) is 3.38. The van der Waals surface area contributed by atoms with Crippen LogP contribution in [0.3, 0.4) is 0 Å². The summed E-state index contributed by atoms with van der Waals surface area (Å²) in [4.78, 5) is 14.1. The summed E-state index contributed by atoms with van der Waals surface area (Å²) in [5.41, 5.74) is 5.85. The van der Waals surface area contributed by atoms with Crippen molar-refractivity contribution in [1.29, 1.82) is 0 Å². The van der Waals surface area contributed by atoms with E-state index in [0.717, 1.165) is 28.8 Å². The van der Waals surface area contributed by atoms with E-state index in [-0.39, 0.29) is 12.5 Å². The maximum atomic E-state index is 12.5. The third-order valence-electron chi connectivity index (χ3n) is 5.12. The Morgan fingerprint density at radius 3 is 2.34 bits per heavy atom. The van der Waals surface area contributed by atoms with E-state index in [1.807, 2.05) is 38.1 Å². The number of carbonyl (C=O) groups excluding carboxylic acids is 1. The third-order valence-corrected chi connectivity index (χ3v) is 5.62. The molecule has 4 aromatic rings. The van der Waals surface area contributed by atoms with Crippen molar-refractivity contribution in [2.75, 3.05) is 11.9 Å². The van der Waals surface area contributed by atoms with Crippen molar-refractivity contribution < 1.29 is 9.53 Å². The topological polar surface area (TPSA) is 69.0 Å². The lowest BCUT2D eigenvalue weighted by atomic mass is 10.1. The molecule has 0 aliphatic heterocycles. The van der Waals surface area contributed by atoms with Crippen molar-refractivity contribution in [3.05, 3.63) is 75.3 Å². The summed E-state index contributed by atoms with van der Waals surface area (Å²) in [6.07, 6.45) is 0.977. The molecule has 0 saturated carbocycles. The van der Waals surface area contributed by atoms with Gasteiger partial charge >= 0.3 is 0 Å². The van der Waals surface area contributed by atoms with Crippen LogP contribution in [-0.2, 0) is 11.2 Å². The van der Waals surface area contributed by atoms with Gasteiger partial charge in [0.25, 0.3) is 5.91 Å².